The Morgan fingerprint density at radius 3 is 2.68 bits per heavy atom. The van der Waals surface area contributed by atoms with Gasteiger partial charge in [-0.3, -0.25) is 9.59 Å². The van der Waals surface area contributed by atoms with Gasteiger partial charge in [0.2, 0.25) is 11.8 Å². The zero-order valence-electron chi connectivity index (χ0n) is 16.6. The summed E-state index contributed by atoms with van der Waals surface area (Å²) in [4.78, 5) is 39.6. The van der Waals surface area contributed by atoms with Crippen LogP contribution in [0, 0.1) is 5.92 Å². The van der Waals surface area contributed by atoms with Gasteiger partial charge in [0.05, 0.1) is 12.9 Å². The Labute approximate surface area is 165 Å². The second-order valence-electron chi connectivity index (χ2n) is 7.08. The molecular weight excluding hydrogens is 362 g/mol. The molecule has 8 heteroatoms. The maximum atomic E-state index is 12.4. The first-order valence-corrected chi connectivity index (χ1v) is 9.64. The number of amides is 3. The lowest BCUT2D eigenvalue weighted by atomic mass is 10.2. The van der Waals surface area contributed by atoms with Crippen LogP contribution in [0.25, 0.3) is 6.08 Å². The van der Waals surface area contributed by atoms with Crippen LogP contribution in [0.3, 0.4) is 0 Å². The van der Waals surface area contributed by atoms with E-state index in [1.54, 1.807) is 28.0 Å². The van der Waals surface area contributed by atoms with Gasteiger partial charge in [-0.1, -0.05) is 13.8 Å². The maximum absolute atomic E-state index is 12.4. The molecule has 0 atom stereocenters. The zero-order valence-corrected chi connectivity index (χ0v) is 16.6. The van der Waals surface area contributed by atoms with Crippen molar-refractivity contribution in [1.82, 2.24) is 15.1 Å². The van der Waals surface area contributed by atoms with Crippen molar-refractivity contribution in [2.24, 2.45) is 5.92 Å². The number of carbonyl (C=O) groups excluding carboxylic acids is 3. The third-order valence-corrected chi connectivity index (χ3v) is 4.23. The minimum atomic E-state index is -0.321. The van der Waals surface area contributed by atoms with Gasteiger partial charge in [0.25, 0.3) is 0 Å². The molecule has 0 unspecified atom stereocenters. The Bertz CT molecular complexity index is 669. The van der Waals surface area contributed by atoms with Crippen LogP contribution in [0.2, 0.25) is 0 Å². The molecule has 1 aromatic rings. The van der Waals surface area contributed by atoms with E-state index in [1.165, 1.54) is 12.3 Å². The van der Waals surface area contributed by atoms with Gasteiger partial charge < -0.3 is 24.3 Å². The normalized spacial score (nSPS) is 15.0. The van der Waals surface area contributed by atoms with E-state index in [0.717, 1.165) is 0 Å². The Hall–Kier alpha value is -2.77. The summed E-state index contributed by atoms with van der Waals surface area (Å²) in [7, 11) is 0. The van der Waals surface area contributed by atoms with Crippen LogP contribution in [0.4, 0.5) is 4.79 Å². The average Bonchev–Trinajstić information content (AvgIpc) is 3.06. The first-order valence-electron chi connectivity index (χ1n) is 9.64. The predicted octanol–water partition coefficient (Wildman–Crippen LogP) is 2.13. The van der Waals surface area contributed by atoms with E-state index in [2.05, 4.69) is 5.32 Å². The van der Waals surface area contributed by atoms with Gasteiger partial charge >= 0.3 is 6.09 Å². The van der Waals surface area contributed by atoms with E-state index in [0.29, 0.717) is 45.0 Å². The molecule has 1 saturated heterocycles. The molecule has 2 rings (SSSR count). The first kappa shape index (κ1) is 21.5. The third kappa shape index (κ3) is 7.46. The summed E-state index contributed by atoms with van der Waals surface area (Å²) < 4.78 is 10.4. The molecule has 1 aromatic heterocycles. The van der Waals surface area contributed by atoms with Crippen LogP contribution in [0.5, 0.6) is 0 Å². The second kappa shape index (κ2) is 11.2. The van der Waals surface area contributed by atoms with E-state index in [9.17, 15) is 14.4 Å². The van der Waals surface area contributed by atoms with Gasteiger partial charge in [-0.15, -0.1) is 0 Å². The first-order chi connectivity index (χ1) is 13.5. The smallest absolute Gasteiger partial charge is 0.409 e. The van der Waals surface area contributed by atoms with Crippen LogP contribution in [-0.2, 0) is 14.3 Å². The molecule has 2 heterocycles. The molecular formula is C20H29N3O5. The Morgan fingerprint density at radius 2 is 1.96 bits per heavy atom. The van der Waals surface area contributed by atoms with Crippen LogP contribution < -0.4 is 5.32 Å². The highest BCUT2D eigenvalue weighted by atomic mass is 16.6. The van der Waals surface area contributed by atoms with E-state index < -0.39 is 0 Å². The molecule has 0 aromatic carbocycles. The maximum Gasteiger partial charge on any atom is 0.409 e. The van der Waals surface area contributed by atoms with Gasteiger partial charge in [0, 0.05) is 45.2 Å². The SMILES string of the molecule is CC(C)COC(=O)N1CCCN(C(=O)CCNC(=O)/C=C/c2ccco2)CC1. The summed E-state index contributed by atoms with van der Waals surface area (Å²) in [6.45, 7) is 6.74. The van der Waals surface area contributed by atoms with Gasteiger partial charge in [0.1, 0.15) is 5.76 Å². The number of furan rings is 1. The van der Waals surface area contributed by atoms with Crippen molar-refractivity contribution in [2.45, 2.75) is 26.7 Å². The number of hydrogen-bond acceptors (Lipinski definition) is 5. The minimum absolute atomic E-state index is 0.0345. The fourth-order valence-electron chi connectivity index (χ4n) is 2.73. The number of hydrogen-bond donors (Lipinski definition) is 1. The fourth-order valence-corrected chi connectivity index (χ4v) is 2.73. The third-order valence-electron chi connectivity index (χ3n) is 4.23. The zero-order chi connectivity index (χ0) is 20.4. The Kier molecular flexibility index (Phi) is 8.58. The van der Waals surface area contributed by atoms with E-state index >= 15 is 0 Å². The second-order valence-corrected chi connectivity index (χ2v) is 7.08. The van der Waals surface area contributed by atoms with Crippen LogP contribution in [0.15, 0.2) is 28.9 Å². The molecule has 1 aliphatic heterocycles. The minimum Gasteiger partial charge on any atom is -0.465 e. The van der Waals surface area contributed by atoms with Gasteiger partial charge in [-0.25, -0.2) is 4.79 Å². The van der Waals surface area contributed by atoms with E-state index in [-0.39, 0.29) is 36.8 Å². The summed E-state index contributed by atoms with van der Waals surface area (Å²) in [5.74, 6) is 0.567. The molecule has 0 saturated carbocycles. The predicted molar refractivity (Wildman–Crippen MR) is 104 cm³/mol. The lowest BCUT2D eigenvalue weighted by Crippen LogP contribution is -2.38. The molecule has 0 aliphatic carbocycles. The molecule has 28 heavy (non-hydrogen) atoms. The lowest BCUT2D eigenvalue weighted by Gasteiger charge is -2.22. The van der Waals surface area contributed by atoms with Crippen molar-refractivity contribution in [2.75, 3.05) is 39.3 Å². The standard InChI is InChI=1S/C20H29N3O5/c1-16(2)15-28-20(26)23-11-4-10-22(12-13-23)19(25)8-9-21-18(24)7-6-17-5-3-14-27-17/h3,5-7,14,16H,4,8-13,15H2,1-2H3,(H,21,24)/b7-6+. The number of nitrogens with one attached hydrogen (secondary N) is 1. The largest absolute Gasteiger partial charge is 0.465 e. The van der Waals surface area contributed by atoms with Crippen molar-refractivity contribution < 1.29 is 23.5 Å². The van der Waals surface area contributed by atoms with Crippen molar-refractivity contribution in [1.29, 1.82) is 0 Å². The summed E-state index contributed by atoms with van der Waals surface area (Å²) in [6, 6.07) is 3.48. The monoisotopic (exact) mass is 391 g/mol. The highest BCUT2D eigenvalue weighted by molar-refractivity contribution is 5.91. The van der Waals surface area contributed by atoms with Crippen molar-refractivity contribution in [3.8, 4) is 0 Å². The summed E-state index contributed by atoms with van der Waals surface area (Å²) in [5, 5.41) is 2.69. The molecule has 3 amide bonds. The van der Waals surface area contributed by atoms with Crippen molar-refractivity contribution >= 4 is 24.0 Å². The summed E-state index contributed by atoms with van der Waals surface area (Å²) >= 11 is 0. The quantitative estimate of drug-likeness (QED) is 0.719. The summed E-state index contributed by atoms with van der Waals surface area (Å²) in [5.41, 5.74) is 0. The highest BCUT2D eigenvalue weighted by Crippen LogP contribution is 2.07. The van der Waals surface area contributed by atoms with Crippen LogP contribution in [-0.4, -0.2) is 67.0 Å². The number of rotatable bonds is 7. The van der Waals surface area contributed by atoms with E-state index in [4.69, 9.17) is 9.15 Å². The fraction of sp³-hybridized carbons (Fsp3) is 0.550. The molecule has 0 radical (unpaired) electrons. The molecule has 1 fully saturated rings. The highest BCUT2D eigenvalue weighted by Gasteiger charge is 2.22. The molecule has 0 bridgehead atoms. The number of ether oxygens (including phenoxy) is 1. The molecule has 1 aliphatic rings. The molecule has 0 spiro atoms. The Morgan fingerprint density at radius 1 is 1.21 bits per heavy atom. The lowest BCUT2D eigenvalue weighted by molar-refractivity contribution is -0.131. The van der Waals surface area contributed by atoms with Crippen LogP contribution >= 0.6 is 0 Å². The van der Waals surface area contributed by atoms with Crippen molar-refractivity contribution in [3.05, 3.63) is 30.2 Å². The van der Waals surface area contributed by atoms with Crippen molar-refractivity contribution in [3.63, 3.8) is 0 Å². The molecule has 8 nitrogen and oxygen atoms in total. The summed E-state index contributed by atoms with van der Waals surface area (Å²) in [6.07, 6.45) is 5.08. The molecule has 1 N–H and O–H groups in total. The Balaban J connectivity index is 1.68. The van der Waals surface area contributed by atoms with E-state index in [1.807, 2.05) is 13.8 Å². The molecule has 154 valence electrons. The number of nitrogens with zero attached hydrogens (tertiary/aromatic N) is 2. The topological polar surface area (TPSA) is 92.1 Å². The van der Waals surface area contributed by atoms with Gasteiger partial charge in [-0.05, 0) is 30.5 Å². The average molecular weight is 391 g/mol. The van der Waals surface area contributed by atoms with Crippen LogP contribution in [0.1, 0.15) is 32.4 Å². The van der Waals surface area contributed by atoms with Gasteiger partial charge in [-0.2, -0.15) is 0 Å². The number of carbonyl (C=O) groups is 3. The van der Waals surface area contributed by atoms with Gasteiger partial charge in [0.15, 0.2) is 0 Å².